The molecule has 11 unspecified atom stereocenters. The van der Waals surface area contributed by atoms with Crippen LogP contribution in [0.5, 0.6) is 17.2 Å². The average Bonchev–Trinajstić information content (AvgIpc) is 0.825. The van der Waals surface area contributed by atoms with Crippen LogP contribution < -0.4 is 9.47 Å². The van der Waals surface area contributed by atoms with Crippen molar-refractivity contribution in [1.82, 2.24) is 0 Å². The van der Waals surface area contributed by atoms with E-state index in [2.05, 4.69) is 223 Å². The Kier molecular flexibility index (Phi) is 51.3. The lowest BCUT2D eigenvalue weighted by Gasteiger charge is -2.43. The molecule has 0 spiro atoms. The molecule has 1 aromatic carbocycles. The molecule has 1 aromatic rings. The molecular formula is C113H182O8. The summed E-state index contributed by atoms with van der Waals surface area (Å²) in [6.07, 6.45) is 74.7. The summed E-state index contributed by atoms with van der Waals surface area (Å²) in [6.45, 7) is 60.6. The highest BCUT2D eigenvalue weighted by molar-refractivity contribution is 6.00. The molecule has 3 aliphatic rings. The van der Waals surface area contributed by atoms with Crippen LogP contribution in [0.4, 0.5) is 0 Å². The van der Waals surface area contributed by atoms with Crippen molar-refractivity contribution in [3.63, 3.8) is 0 Å². The Morgan fingerprint density at radius 1 is 0.554 bits per heavy atom. The zero-order chi connectivity index (χ0) is 89.6. The van der Waals surface area contributed by atoms with E-state index in [0.717, 1.165) is 130 Å². The normalized spacial score (nSPS) is 20.3. The Bertz CT molecular complexity index is 3630. The second kappa shape index (κ2) is 57.8. The second-order valence-electron chi connectivity index (χ2n) is 40.0. The minimum absolute atomic E-state index is 0.0309. The number of rotatable bonds is 64. The molecule has 4 rings (SSSR count). The third-order valence-corrected chi connectivity index (χ3v) is 27.9. The van der Waals surface area contributed by atoms with Gasteiger partial charge in [-0.05, 0) is 236 Å². The van der Waals surface area contributed by atoms with E-state index in [-0.39, 0.29) is 58.4 Å². The van der Waals surface area contributed by atoms with Crippen LogP contribution in [0, 0.1) is 40.4 Å². The molecule has 0 amide bonds. The Balaban J connectivity index is 1.53. The highest BCUT2D eigenvalue weighted by Gasteiger charge is 2.49. The lowest BCUT2D eigenvalue weighted by Crippen LogP contribution is -2.48. The lowest BCUT2D eigenvalue weighted by atomic mass is 9.70. The maximum atomic E-state index is 15.3. The van der Waals surface area contributed by atoms with E-state index in [1.165, 1.54) is 192 Å². The first-order valence-corrected chi connectivity index (χ1v) is 48.8. The van der Waals surface area contributed by atoms with Crippen molar-refractivity contribution in [2.24, 2.45) is 40.4 Å². The van der Waals surface area contributed by atoms with E-state index in [1.807, 2.05) is 19.9 Å². The minimum atomic E-state index is -1.03. The molecule has 1 saturated heterocycles. The predicted octanol–water partition coefficient (Wildman–Crippen LogP) is 32.9. The van der Waals surface area contributed by atoms with Crippen molar-refractivity contribution in [2.45, 2.75) is 430 Å². The van der Waals surface area contributed by atoms with E-state index >= 15 is 4.79 Å². The maximum Gasteiger partial charge on any atom is 0.187 e. The van der Waals surface area contributed by atoms with Crippen LogP contribution in [-0.4, -0.2) is 72.4 Å². The molecule has 1 fully saturated rings. The highest BCUT2D eigenvalue weighted by atomic mass is 16.6. The molecule has 11 atom stereocenters. The zero-order valence-electron chi connectivity index (χ0n) is 81.8. The first-order chi connectivity index (χ1) is 57.5. The number of aromatic hydroxyl groups is 1. The van der Waals surface area contributed by atoms with Crippen LogP contribution in [-0.2, 0) is 25.4 Å². The first kappa shape index (κ1) is 108. The standard InChI is InChI=1S/C113H182O8/c1-26-27-28-29-46-49-64-103(120-106-82-111(20,21)102(97(17)108(106)114)73-67-89(9)61-54-59-87(7)57-52-51-56-86(6)58-53-60-88(8)66-72-101-96(16)62-55-76-110(101,18)19)104(65-50-47-44-42-40-38-36-34-32-30-31-33-35-37-39-41-43-45-48-63-98-79-100(117-24)81-105(118-25)109(98)115)121-113(23,78-75-95(15)93(13)71-69-91(11)85(4)5)99-80-107(119-83-99)112(22,116)77-74-94(14)92(12)70-68-90(10)84(2)3/h51-54,56-61,66-67,72-73,79,81,90-91,94-95,99,103-104,106-107,115-116H,2,4,12-13,26-50,55,62-65,68-71,74-78,80,82-83H2,1,3,5-11,14-25H3. The molecule has 0 aromatic heterocycles. The molecular weight excluding hydrogens is 1490 g/mol. The monoisotopic (exact) mass is 1670 g/mol. The Labute approximate surface area is 744 Å². The van der Waals surface area contributed by atoms with Crippen LogP contribution in [0.25, 0.3) is 0 Å². The smallest absolute Gasteiger partial charge is 0.187 e. The highest BCUT2D eigenvalue weighted by Crippen LogP contribution is 2.47. The Hall–Kier alpha value is -5.77. The minimum Gasteiger partial charge on any atom is -0.504 e. The van der Waals surface area contributed by atoms with E-state index in [0.29, 0.717) is 43.5 Å². The molecule has 1 heterocycles. The number of allylic oxidation sites excluding steroid dienone is 25. The van der Waals surface area contributed by atoms with E-state index in [9.17, 15) is 10.2 Å². The van der Waals surface area contributed by atoms with Gasteiger partial charge < -0.3 is 33.9 Å². The number of aryl methyl sites for hydroxylation is 1. The van der Waals surface area contributed by atoms with Gasteiger partial charge in [-0.25, -0.2) is 0 Å². The van der Waals surface area contributed by atoms with E-state index < -0.39 is 17.3 Å². The summed E-state index contributed by atoms with van der Waals surface area (Å²) in [5, 5.41) is 23.2. The summed E-state index contributed by atoms with van der Waals surface area (Å²) >= 11 is 0. The number of aliphatic hydroxyl groups is 1. The van der Waals surface area contributed by atoms with Gasteiger partial charge in [0.2, 0.25) is 0 Å². The average molecular weight is 1670 g/mol. The number of carbonyl (C=O) groups excluding carboxylic acids is 1. The topological polar surface area (TPSA) is 104 Å². The van der Waals surface area contributed by atoms with Crippen molar-refractivity contribution in [2.75, 3.05) is 20.8 Å². The maximum absolute atomic E-state index is 15.3. The fourth-order valence-electron chi connectivity index (χ4n) is 18.1. The van der Waals surface area contributed by atoms with E-state index in [1.54, 1.807) is 20.3 Å². The van der Waals surface area contributed by atoms with Gasteiger partial charge in [0.1, 0.15) is 11.9 Å². The molecule has 0 radical (unpaired) electrons. The summed E-state index contributed by atoms with van der Waals surface area (Å²) in [5.74, 6) is 3.02. The number of methoxy groups -OCH3 is 2. The van der Waals surface area contributed by atoms with Crippen LogP contribution >= 0.6 is 0 Å². The predicted molar refractivity (Wildman–Crippen MR) is 524 cm³/mol. The van der Waals surface area contributed by atoms with Gasteiger partial charge in [0.05, 0.1) is 50.3 Å². The van der Waals surface area contributed by atoms with Crippen LogP contribution in [0.2, 0.25) is 0 Å². The number of phenolic OH excluding ortho intramolecular Hbond substituents is 1. The number of hydrogen-bond donors (Lipinski definition) is 2. The van der Waals surface area contributed by atoms with Crippen molar-refractivity contribution in [3.05, 3.63) is 196 Å². The number of phenols is 1. The first-order valence-electron chi connectivity index (χ1n) is 48.8. The van der Waals surface area contributed by atoms with Crippen molar-refractivity contribution in [1.29, 1.82) is 0 Å². The number of ketones is 1. The molecule has 1 aliphatic heterocycles. The number of ether oxygens (including phenoxy) is 5. The molecule has 0 saturated carbocycles. The van der Waals surface area contributed by atoms with Gasteiger partial charge in [0.15, 0.2) is 17.3 Å². The van der Waals surface area contributed by atoms with Gasteiger partial charge >= 0.3 is 0 Å². The molecule has 2 N–H and O–H groups in total. The summed E-state index contributed by atoms with van der Waals surface area (Å²) in [4.78, 5) is 15.3. The second-order valence-corrected chi connectivity index (χ2v) is 40.0. The summed E-state index contributed by atoms with van der Waals surface area (Å²) in [5.41, 5.74) is 13.7. The zero-order valence-corrected chi connectivity index (χ0v) is 81.8. The molecule has 121 heavy (non-hydrogen) atoms. The third-order valence-electron chi connectivity index (χ3n) is 27.9. The molecule has 682 valence electrons. The summed E-state index contributed by atoms with van der Waals surface area (Å²) < 4.78 is 33.4. The largest absolute Gasteiger partial charge is 0.504 e. The number of benzene rings is 1. The van der Waals surface area contributed by atoms with Gasteiger partial charge in [0.25, 0.3) is 0 Å². The number of hydrogen-bond acceptors (Lipinski definition) is 8. The van der Waals surface area contributed by atoms with Crippen molar-refractivity contribution < 1.29 is 38.7 Å². The van der Waals surface area contributed by atoms with Gasteiger partial charge in [-0.2, -0.15) is 0 Å². The van der Waals surface area contributed by atoms with Gasteiger partial charge in [0, 0.05) is 17.5 Å². The van der Waals surface area contributed by atoms with Crippen LogP contribution in [0.1, 0.15) is 394 Å². The molecule has 8 nitrogen and oxygen atoms in total. The summed E-state index contributed by atoms with van der Waals surface area (Å²) in [6, 6.07) is 3.67. The van der Waals surface area contributed by atoms with Gasteiger partial charge in [-0.1, -0.05) is 378 Å². The SMILES string of the molecule is C=C(C)C(C)CCC(=C)C(C)CCC(C)(O)C1CC(C(C)(CCC(C)C(=C)CCC(C)C(=C)C)OC(CCCCCCCCCCCCCCCCCCCCCc2cc(OC)cc(OC)c2O)C(CCCCCCCC)OC2CC(C)(C)C(C=CC(C)=CC=CC(C)=CC=CC=C(C)C=CC=C(C)C=CC3=C(C)CCCC3(C)C)=C(C)C2=O)CO1. The summed E-state index contributed by atoms with van der Waals surface area (Å²) in [7, 11) is 3.23. The number of Topliss-reactive ketones (excluding diaryl/α,β-unsaturated/α-hetero) is 1. The van der Waals surface area contributed by atoms with Gasteiger partial charge in [-0.15, -0.1) is 0 Å². The van der Waals surface area contributed by atoms with Crippen LogP contribution in [0.15, 0.2) is 190 Å². The molecule has 8 heteroatoms. The fraction of sp³-hybridized carbons (Fsp3) is 0.673. The quantitative estimate of drug-likeness (QED) is 0.0378. The third kappa shape index (κ3) is 41.0. The van der Waals surface area contributed by atoms with E-state index in [4.69, 9.17) is 30.3 Å². The Morgan fingerprint density at radius 3 is 1.47 bits per heavy atom. The molecule has 2 aliphatic carbocycles. The lowest BCUT2D eigenvalue weighted by molar-refractivity contribution is -0.186. The fourth-order valence-corrected chi connectivity index (χ4v) is 18.1. The number of unbranched alkanes of at least 4 members (excludes halogenated alkanes) is 23. The van der Waals surface area contributed by atoms with Gasteiger partial charge in [-0.3, -0.25) is 4.79 Å². The van der Waals surface area contributed by atoms with Crippen LogP contribution in [0.3, 0.4) is 0 Å². The van der Waals surface area contributed by atoms with Crippen molar-refractivity contribution in [3.8, 4) is 17.2 Å². The Morgan fingerprint density at radius 2 is 1.00 bits per heavy atom. The molecule has 0 bridgehead atoms. The number of carbonyl (C=O) groups is 1. The van der Waals surface area contributed by atoms with Crippen molar-refractivity contribution >= 4 is 5.78 Å².